The lowest BCUT2D eigenvalue weighted by Gasteiger charge is -2.26. The van der Waals surface area contributed by atoms with E-state index in [4.69, 9.17) is 9.15 Å². The molecule has 8 nitrogen and oxygen atoms in total. The molecule has 1 atom stereocenters. The molecular formula is C19H21N2O6+. The maximum absolute atomic E-state index is 12.7. The van der Waals surface area contributed by atoms with Gasteiger partial charge in [0.05, 0.1) is 20.8 Å². The Kier molecular flexibility index (Phi) is 4.89. The largest absolute Gasteiger partial charge is 0.475 e. The number of benzene rings is 1. The molecule has 1 N–H and O–H groups in total. The number of anilines is 1. The molecule has 1 aromatic carbocycles. The van der Waals surface area contributed by atoms with E-state index in [0.29, 0.717) is 11.3 Å². The van der Waals surface area contributed by atoms with Crippen molar-refractivity contribution in [3.63, 3.8) is 0 Å². The van der Waals surface area contributed by atoms with E-state index in [1.807, 2.05) is 30.3 Å². The molecule has 0 fully saturated rings. The van der Waals surface area contributed by atoms with Gasteiger partial charge in [-0.2, -0.15) is 4.90 Å². The first-order valence-electron chi connectivity index (χ1n) is 8.44. The molecule has 0 amide bonds. The zero-order chi connectivity index (χ0) is 19.7. The summed E-state index contributed by atoms with van der Waals surface area (Å²) in [5, 5.41) is 10.7. The molecule has 8 heteroatoms. The van der Waals surface area contributed by atoms with E-state index in [1.54, 1.807) is 25.8 Å². The average molecular weight is 373 g/mol. The van der Waals surface area contributed by atoms with Crippen LogP contribution in [0.5, 0.6) is 5.88 Å². The van der Waals surface area contributed by atoms with E-state index in [-0.39, 0.29) is 18.4 Å². The van der Waals surface area contributed by atoms with Gasteiger partial charge in [0.2, 0.25) is 0 Å². The summed E-state index contributed by atoms with van der Waals surface area (Å²) in [4.78, 5) is 26.3. The Morgan fingerprint density at radius 3 is 2.52 bits per heavy atom. The zero-order valence-electron chi connectivity index (χ0n) is 15.6. The molecule has 1 aliphatic heterocycles. The molecule has 2 heterocycles. The summed E-state index contributed by atoms with van der Waals surface area (Å²) < 4.78 is 16.9. The Morgan fingerprint density at radius 2 is 1.93 bits per heavy atom. The first-order valence-corrected chi connectivity index (χ1v) is 8.44. The van der Waals surface area contributed by atoms with E-state index < -0.39 is 23.9 Å². The maximum Gasteiger partial charge on any atom is 0.465 e. The normalized spacial score (nSPS) is 16.1. The Labute approximate surface area is 156 Å². The van der Waals surface area contributed by atoms with Crippen LogP contribution in [0.25, 0.3) is 0 Å². The third-order valence-corrected chi connectivity index (χ3v) is 4.52. The molecular weight excluding hydrogens is 352 g/mol. The van der Waals surface area contributed by atoms with Crippen LogP contribution in [0.2, 0.25) is 0 Å². The van der Waals surface area contributed by atoms with Gasteiger partial charge in [-0.05, 0) is 13.8 Å². The van der Waals surface area contributed by atoms with Crippen LogP contribution in [-0.2, 0) is 14.3 Å². The summed E-state index contributed by atoms with van der Waals surface area (Å²) in [5.41, 5.74) is 1.66. The molecule has 0 bridgehead atoms. The van der Waals surface area contributed by atoms with Crippen LogP contribution in [0.1, 0.15) is 36.0 Å². The summed E-state index contributed by atoms with van der Waals surface area (Å²) in [7, 11) is 2.87. The van der Waals surface area contributed by atoms with Gasteiger partial charge >= 0.3 is 29.6 Å². The molecule has 1 unspecified atom stereocenters. The topological polar surface area (TPSA) is 93.1 Å². The SMILES string of the molecule is CCOC(=O)C1=C(C)N(C)c2oc(C(=O)OC)c(O)[n+]2C1c1ccccc1. The third-order valence-electron chi connectivity index (χ3n) is 4.52. The van der Waals surface area contributed by atoms with Crippen molar-refractivity contribution < 1.29 is 33.2 Å². The van der Waals surface area contributed by atoms with Crippen LogP contribution < -0.4 is 9.47 Å². The number of ether oxygens (including phenoxy) is 2. The Morgan fingerprint density at radius 1 is 1.26 bits per heavy atom. The number of esters is 2. The average Bonchev–Trinajstić information content (AvgIpc) is 3.02. The molecule has 0 saturated carbocycles. The predicted octanol–water partition coefficient (Wildman–Crippen LogP) is 1.94. The van der Waals surface area contributed by atoms with E-state index in [9.17, 15) is 14.7 Å². The third kappa shape index (κ3) is 2.92. The Balaban J connectivity index is 2.29. The molecule has 2 aromatic rings. The Bertz CT molecular complexity index is 916. The quantitative estimate of drug-likeness (QED) is 0.647. The summed E-state index contributed by atoms with van der Waals surface area (Å²) in [6.07, 6.45) is 0. The fourth-order valence-corrected chi connectivity index (χ4v) is 3.14. The van der Waals surface area contributed by atoms with Gasteiger partial charge in [-0.3, -0.25) is 0 Å². The van der Waals surface area contributed by atoms with Crippen molar-refractivity contribution in [1.82, 2.24) is 0 Å². The van der Waals surface area contributed by atoms with E-state index in [0.717, 1.165) is 5.56 Å². The number of hydrogen-bond donors (Lipinski definition) is 1. The number of aromatic nitrogens is 1. The smallest absolute Gasteiger partial charge is 0.465 e. The molecule has 1 aromatic heterocycles. The number of allylic oxidation sites excluding steroid dienone is 1. The van der Waals surface area contributed by atoms with Gasteiger partial charge in [0.1, 0.15) is 11.3 Å². The van der Waals surface area contributed by atoms with E-state index >= 15 is 0 Å². The number of carbonyl (C=O) groups excluding carboxylic acids is 2. The van der Waals surface area contributed by atoms with Crippen molar-refractivity contribution in [3.05, 3.63) is 52.9 Å². The van der Waals surface area contributed by atoms with Crippen LogP contribution in [0, 0.1) is 0 Å². The minimum absolute atomic E-state index is 0.201. The van der Waals surface area contributed by atoms with Crippen LogP contribution in [0.4, 0.5) is 6.01 Å². The van der Waals surface area contributed by atoms with E-state index in [1.165, 1.54) is 11.7 Å². The van der Waals surface area contributed by atoms with Gasteiger partial charge in [-0.1, -0.05) is 30.3 Å². The van der Waals surface area contributed by atoms with Crippen molar-refractivity contribution in [2.24, 2.45) is 0 Å². The Hall–Kier alpha value is -3.29. The van der Waals surface area contributed by atoms with Crippen LogP contribution >= 0.6 is 0 Å². The number of methoxy groups -OCH3 is 1. The molecule has 0 spiro atoms. The number of nitrogens with zero attached hydrogens (tertiary/aromatic N) is 2. The van der Waals surface area contributed by atoms with E-state index in [2.05, 4.69) is 4.74 Å². The number of oxazole rings is 1. The number of fused-ring (bicyclic) bond motifs is 1. The van der Waals surface area contributed by atoms with Crippen molar-refractivity contribution in [2.45, 2.75) is 19.9 Å². The molecule has 3 rings (SSSR count). The number of hydrogen-bond acceptors (Lipinski definition) is 7. The summed E-state index contributed by atoms with van der Waals surface area (Å²) >= 11 is 0. The highest BCUT2D eigenvalue weighted by molar-refractivity contribution is 5.92. The molecule has 142 valence electrons. The molecule has 0 aliphatic carbocycles. The lowest BCUT2D eigenvalue weighted by Crippen LogP contribution is -2.50. The number of aromatic hydroxyl groups is 1. The highest BCUT2D eigenvalue weighted by atomic mass is 16.5. The fraction of sp³-hybridized carbons (Fsp3) is 0.316. The van der Waals surface area contributed by atoms with Crippen molar-refractivity contribution in [2.75, 3.05) is 25.7 Å². The zero-order valence-corrected chi connectivity index (χ0v) is 15.6. The summed E-state index contributed by atoms with van der Waals surface area (Å²) in [6.45, 7) is 3.69. The lowest BCUT2D eigenvalue weighted by atomic mass is 9.95. The fourth-order valence-electron chi connectivity index (χ4n) is 3.14. The van der Waals surface area contributed by atoms with Crippen molar-refractivity contribution >= 4 is 18.0 Å². The monoisotopic (exact) mass is 373 g/mol. The highest BCUT2D eigenvalue weighted by Gasteiger charge is 2.48. The number of rotatable bonds is 4. The highest BCUT2D eigenvalue weighted by Crippen LogP contribution is 2.38. The lowest BCUT2D eigenvalue weighted by molar-refractivity contribution is -0.701. The van der Waals surface area contributed by atoms with Crippen molar-refractivity contribution in [3.8, 4) is 5.88 Å². The van der Waals surface area contributed by atoms with Gasteiger partial charge in [-0.25, -0.2) is 9.59 Å². The minimum atomic E-state index is -0.815. The predicted molar refractivity (Wildman–Crippen MR) is 94.2 cm³/mol. The second kappa shape index (κ2) is 7.14. The van der Waals surface area contributed by atoms with Gasteiger partial charge in [0, 0.05) is 5.56 Å². The first kappa shape index (κ1) is 18.5. The first-order chi connectivity index (χ1) is 12.9. The summed E-state index contributed by atoms with van der Waals surface area (Å²) in [5.74, 6) is -2.08. The van der Waals surface area contributed by atoms with Gasteiger partial charge in [0.25, 0.3) is 0 Å². The standard InChI is InChI=1S/C19H20N2O6/c1-5-26-17(23)13-11(2)20(3)19-21(14(13)12-9-7-6-8-10-12)16(22)15(27-19)18(24)25-4/h6-10,14H,5H2,1-4H3/p+1. The number of carbonyl (C=O) groups is 2. The molecule has 27 heavy (non-hydrogen) atoms. The van der Waals surface area contributed by atoms with Crippen molar-refractivity contribution in [1.29, 1.82) is 0 Å². The van der Waals surface area contributed by atoms with Gasteiger partial charge in [-0.15, -0.1) is 4.57 Å². The summed E-state index contributed by atoms with van der Waals surface area (Å²) in [6, 6.07) is 8.62. The van der Waals surface area contributed by atoms with Crippen LogP contribution in [-0.4, -0.2) is 37.8 Å². The molecule has 0 saturated heterocycles. The second-order valence-corrected chi connectivity index (χ2v) is 5.99. The molecule has 1 aliphatic rings. The second-order valence-electron chi connectivity index (χ2n) is 5.99. The minimum Gasteiger partial charge on any atom is -0.475 e. The maximum atomic E-state index is 12.7. The van der Waals surface area contributed by atoms with Gasteiger partial charge in [0.15, 0.2) is 6.04 Å². The van der Waals surface area contributed by atoms with Gasteiger partial charge < -0.3 is 19.0 Å². The molecule has 0 radical (unpaired) electrons. The van der Waals surface area contributed by atoms with Crippen LogP contribution in [0.15, 0.2) is 46.0 Å². The van der Waals surface area contributed by atoms with Crippen LogP contribution in [0.3, 0.4) is 0 Å².